The van der Waals surface area contributed by atoms with Crippen molar-refractivity contribution in [2.24, 2.45) is 0 Å². The summed E-state index contributed by atoms with van der Waals surface area (Å²) < 4.78 is 21.1. The number of thiophene rings is 1. The molecular formula is C44H41Cl2IN12O7S2. The van der Waals surface area contributed by atoms with Crippen molar-refractivity contribution in [2.45, 2.75) is 48.6 Å². The van der Waals surface area contributed by atoms with Crippen molar-refractivity contribution >= 4 is 115 Å². The second kappa shape index (κ2) is 22.7. The van der Waals surface area contributed by atoms with Gasteiger partial charge >= 0.3 is 0 Å². The van der Waals surface area contributed by atoms with Gasteiger partial charge in [0.05, 0.1) is 11.2 Å². The summed E-state index contributed by atoms with van der Waals surface area (Å²) in [6, 6.07) is 20.9. The molecule has 5 N–H and O–H groups in total. The topological polar surface area (TPSA) is 236 Å². The Hall–Kier alpha value is -6.21. The van der Waals surface area contributed by atoms with Crippen molar-refractivity contribution in [3.8, 4) is 17.2 Å². The van der Waals surface area contributed by atoms with Crippen LogP contribution < -0.4 is 40.8 Å². The van der Waals surface area contributed by atoms with E-state index >= 15 is 0 Å². The quantitative estimate of drug-likeness (QED) is 0.0494. The second-order valence-corrected chi connectivity index (χ2v) is 18.6. The van der Waals surface area contributed by atoms with Crippen molar-refractivity contribution < 1.29 is 33.4 Å². The Morgan fingerprint density at radius 2 is 1.78 bits per heavy atom. The first-order valence-corrected chi connectivity index (χ1v) is 24.5. The molecule has 68 heavy (non-hydrogen) atoms. The smallest absolute Gasteiger partial charge is 0.248 e. The fourth-order valence-corrected chi connectivity index (χ4v) is 9.87. The van der Waals surface area contributed by atoms with Gasteiger partial charge in [-0.1, -0.05) is 65.0 Å². The fraction of sp³-hybridized carbons (Fsp3) is 0.250. The lowest BCUT2D eigenvalue weighted by molar-refractivity contribution is -0.125. The Labute approximate surface area is 420 Å². The number of ether oxygens (including phenoxy) is 3. The highest BCUT2D eigenvalue weighted by atomic mass is 127. The normalized spacial score (nSPS) is 12.2. The van der Waals surface area contributed by atoms with E-state index in [1.54, 1.807) is 24.4 Å². The zero-order valence-electron chi connectivity index (χ0n) is 35.8. The molecule has 8 rings (SSSR count). The molecule has 19 nitrogen and oxygen atoms in total. The van der Waals surface area contributed by atoms with Gasteiger partial charge in [-0.3, -0.25) is 24.1 Å². The van der Waals surface area contributed by atoms with Crippen LogP contribution in [0.15, 0.2) is 101 Å². The zero-order valence-corrected chi connectivity index (χ0v) is 41.1. The van der Waals surface area contributed by atoms with Crippen LogP contribution in [-0.4, -0.2) is 90.4 Å². The van der Waals surface area contributed by atoms with Crippen LogP contribution >= 0.6 is 68.9 Å². The van der Waals surface area contributed by atoms with E-state index in [9.17, 15) is 19.2 Å². The Morgan fingerprint density at radius 3 is 2.56 bits per heavy atom. The summed E-state index contributed by atoms with van der Waals surface area (Å²) in [5.41, 5.74) is 8.93. The Balaban J connectivity index is 0.802. The van der Waals surface area contributed by atoms with Crippen LogP contribution in [0.5, 0.6) is 17.2 Å². The van der Waals surface area contributed by atoms with E-state index in [4.69, 9.17) is 48.1 Å². The number of amides is 4. The maximum atomic E-state index is 13.7. The number of benzene rings is 3. The summed E-state index contributed by atoms with van der Waals surface area (Å²) in [4.78, 5) is 68.8. The maximum Gasteiger partial charge on any atom is 0.248 e. The highest BCUT2D eigenvalue weighted by Crippen LogP contribution is 2.42. The number of hydrogen-bond acceptors (Lipinski definition) is 15. The summed E-state index contributed by atoms with van der Waals surface area (Å²) in [6.45, 7) is 1.01. The molecule has 5 heterocycles. The number of alkyl halides is 1. The highest BCUT2D eigenvalue weighted by molar-refractivity contribution is 14.1. The maximum absolute atomic E-state index is 13.7. The van der Waals surface area contributed by atoms with Gasteiger partial charge in [0.1, 0.15) is 42.8 Å². The summed E-state index contributed by atoms with van der Waals surface area (Å²) in [7, 11) is 0. The number of anilines is 2. The number of nitrogens with one attached hydrogen (secondary N) is 3. The number of carbonyl (C=O) groups excluding carboxylic acids is 4. The van der Waals surface area contributed by atoms with Crippen molar-refractivity contribution in [2.75, 3.05) is 42.9 Å². The molecule has 0 radical (unpaired) electrons. The average Bonchev–Trinajstić information content (AvgIpc) is 4.17. The number of carbonyl (C=O) groups is 4. The number of halogens is 3. The molecule has 4 aromatic heterocycles. The van der Waals surface area contributed by atoms with E-state index < -0.39 is 11.9 Å². The van der Waals surface area contributed by atoms with Gasteiger partial charge in [-0.2, -0.15) is 0 Å². The fourth-order valence-electron chi connectivity index (χ4n) is 6.99. The van der Waals surface area contributed by atoms with Crippen LogP contribution in [0, 0.1) is 3.57 Å². The van der Waals surface area contributed by atoms with Gasteiger partial charge in [-0.05, 0) is 76.4 Å². The van der Waals surface area contributed by atoms with E-state index in [1.807, 2.05) is 58.5 Å². The Morgan fingerprint density at radius 1 is 0.971 bits per heavy atom. The lowest BCUT2D eigenvalue weighted by atomic mass is 10.1. The minimum atomic E-state index is -1.00. The molecule has 0 fully saturated rings. The molecule has 0 spiro atoms. The number of imidazole rings is 1. The number of rotatable bonds is 21. The average molecular weight is 1110 g/mol. The first kappa shape index (κ1) is 48.3. The monoisotopic (exact) mass is 1110 g/mol. The molecule has 1 unspecified atom stereocenters. The van der Waals surface area contributed by atoms with E-state index in [0.29, 0.717) is 63.6 Å². The van der Waals surface area contributed by atoms with Crippen LogP contribution in [0.2, 0.25) is 5.02 Å². The summed E-state index contributed by atoms with van der Waals surface area (Å²) >= 11 is 17.7. The highest BCUT2D eigenvalue weighted by Gasteiger charge is 2.33. The number of aromatic nitrogens is 7. The van der Waals surface area contributed by atoms with Crippen molar-refractivity contribution in [3.05, 3.63) is 115 Å². The van der Waals surface area contributed by atoms with Gasteiger partial charge in [-0.15, -0.1) is 28.0 Å². The van der Waals surface area contributed by atoms with Crippen LogP contribution in [0.4, 0.5) is 11.5 Å². The van der Waals surface area contributed by atoms with Crippen LogP contribution in [-0.2, 0) is 45.3 Å². The molecule has 352 valence electrons. The van der Waals surface area contributed by atoms with E-state index in [1.165, 1.54) is 45.1 Å². The minimum Gasteiger partial charge on any atom is -0.486 e. The molecule has 1 atom stereocenters. The molecule has 1 aliphatic rings. The van der Waals surface area contributed by atoms with Gasteiger partial charge in [0.15, 0.2) is 33.6 Å². The third kappa shape index (κ3) is 11.9. The van der Waals surface area contributed by atoms with Gasteiger partial charge in [0, 0.05) is 51.6 Å². The molecule has 0 bridgehead atoms. The molecule has 24 heteroatoms. The molecular weight excluding hydrogens is 1070 g/mol. The second-order valence-electron chi connectivity index (χ2n) is 14.8. The van der Waals surface area contributed by atoms with E-state index in [0.717, 1.165) is 14.0 Å². The first-order valence-electron chi connectivity index (χ1n) is 20.9. The molecule has 4 amide bonds. The standard InChI is InChI=1S/C44H41Cl2IN12O7S2/c45-20-38(62)59(40(34-7-4-16-67-34)43(63)51-12-10-26-5-2-1-3-6-26)28-8-9-31(29(46)17-28)64-23-27-21-57(56-55-27)22-37(61)49-13-11-36(60)50-14-15-58-42-39(41(48)52-24-53-42)54-44(58)68-35-19-33-32(18-30(35)47)65-25-66-33/h1-9,16-19,21,24,40H,10-15,20,22-23,25H2,(H,49,61)(H,50,60)(H,51,63)(H2,48,52,53). The lowest BCUT2D eigenvalue weighted by Crippen LogP contribution is -2.44. The summed E-state index contributed by atoms with van der Waals surface area (Å²) in [6.07, 6.45) is 3.57. The number of nitrogens with zero attached hydrogens (tertiary/aromatic N) is 8. The molecule has 0 saturated carbocycles. The SMILES string of the molecule is Nc1ncnc2c1nc(Sc1cc3c(cc1I)OCO3)n2CCNC(=O)CCNC(=O)Cn1cc(COc2ccc(N(C(=O)CCl)C(C(=O)NCCc3ccccc3)c3cccs3)cc2Cl)nn1. The number of nitrogen functional groups attached to an aromatic ring is 1. The van der Waals surface area contributed by atoms with Crippen LogP contribution in [0.3, 0.4) is 0 Å². The van der Waals surface area contributed by atoms with Gasteiger partial charge < -0.3 is 40.5 Å². The largest absolute Gasteiger partial charge is 0.486 e. The summed E-state index contributed by atoms with van der Waals surface area (Å²) in [5.74, 6) is -0.0354. The third-order valence-electron chi connectivity index (χ3n) is 10.2. The molecule has 7 aromatic rings. The van der Waals surface area contributed by atoms with Crippen molar-refractivity contribution in [1.82, 2.24) is 50.5 Å². The zero-order chi connectivity index (χ0) is 47.6. The van der Waals surface area contributed by atoms with Crippen molar-refractivity contribution in [1.29, 1.82) is 0 Å². The van der Waals surface area contributed by atoms with E-state index in [-0.39, 0.29) is 79.6 Å². The van der Waals surface area contributed by atoms with Crippen molar-refractivity contribution in [3.63, 3.8) is 0 Å². The molecule has 3 aromatic carbocycles. The Bertz CT molecular complexity index is 2930. The first-order chi connectivity index (χ1) is 33.0. The van der Waals surface area contributed by atoms with Crippen LogP contribution in [0.25, 0.3) is 11.2 Å². The van der Waals surface area contributed by atoms with E-state index in [2.05, 4.69) is 58.8 Å². The predicted molar refractivity (Wildman–Crippen MR) is 264 cm³/mol. The molecule has 0 saturated heterocycles. The lowest BCUT2D eigenvalue weighted by Gasteiger charge is -2.30. The molecule has 0 aliphatic carbocycles. The van der Waals surface area contributed by atoms with Gasteiger partial charge in [0.25, 0.3) is 0 Å². The van der Waals surface area contributed by atoms with Gasteiger partial charge in [0.2, 0.25) is 30.4 Å². The minimum absolute atomic E-state index is 0.0347. The van der Waals surface area contributed by atoms with Crippen LogP contribution in [0.1, 0.15) is 28.6 Å². The Kier molecular flexibility index (Phi) is 16.1. The predicted octanol–water partition coefficient (Wildman–Crippen LogP) is 5.77. The van der Waals surface area contributed by atoms with Gasteiger partial charge in [-0.25, -0.2) is 19.6 Å². The number of hydrogen-bond donors (Lipinski definition) is 4. The number of nitrogens with two attached hydrogens (primary N) is 1. The third-order valence-corrected chi connectivity index (χ3v) is 14.0. The summed E-state index contributed by atoms with van der Waals surface area (Å²) in [5, 5.41) is 19.3. The molecule has 1 aliphatic heterocycles. The number of fused-ring (bicyclic) bond motifs is 2.